The molecule has 4 rings (SSSR count). The minimum absolute atomic E-state index is 0.00551. The third-order valence-corrected chi connectivity index (χ3v) is 5.49. The lowest BCUT2D eigenvalue weighted by Crippen LogP contribution is -2.62. The topological polar surface area (TPSA) is 59.0 Å². The van der Waals surface area contributed by atoms with Crippen LogP contribution in [-0.4, -0.2) is 41.4 Å². The van der Waals surface area contributed by atoms with Crippen molar-refractivity contribution in [1.29, 1.82) is 0 Å². The monoisotopic (exact) mass is 407 g/mol. The minimum Gasteiger partial charge on any atom is -0.445 e. The van der Waals surface area contributed by atoms with Crippen molar-refractivity contribution in [1.82, 2.24) is 4.90 Å². The van der Waals surface area contributed by atoms with Crippen molar-refractivity contribution in [3.8, 4) is 0 Å². The van der Waals surface area contributed by atoms with Gasteiger partial charge in [0.25, 0.3) is 0 Å². The first-order chi connectivity index (χ1) is 13.9. The number of carbonyl (C=O) groups excluding carboxylic acids is 1. The molecular formula is C21H20F3NO4. The Balaban J connectivity index is 1.52. The van der Waals surface area contributed by atoms with Crippen LogP contribution >= 0.6 is 0 Å². The van der Waals surface area contributed by atoms with E-state index in [1.165, 1.54) is 4.90 Å². The fourth-order valence-corrected chi connectivity index (χ4v) is 4.13. The van der Waals surface area contributed by atoms with E-state index in [9.17, 15) is 23.1 Å². The molecule has 0 radical (unpaired) electrons. The summed E-state index contributed by atoms with van der Waals surface area (Å²) < 4.78 is 51.6. The zero-order chi connectivity index (χ0) is 20.6. The first-order valence-electron chi connectivity index (χ1n) is 9.31. The molecule has 1 N–H and O–H groups in total. The SMILES string of the molecule is O=C(OCc1ccccc1)N1C2COCC1CC(O)(c1cc(F)c(F)c(F)c1)C2. The number of fused-ring (bicyclic) bond motifs is 2. The Morgan fingerprint density at radius 3 is 2.28 bits per heavy atom. The summed E-state index contributed by atoms with van der Waals surface area (Å²) in [6, 6.07) is 9.75. The van der Waals surface area contributed by atoms with Gasteiger partial charge in [-0.15, -0.1) is 0 Å². The van der Waals surface area contributed by atoms with E-state index in [-0.39, 0.29) is 38.2 Å². The van der Waals surface area contributed by atoms with Crippen molar-refractivity contribution in [2.45, 2.75) is 37.1 Å². The molecule has 1 amide bonds. The fraction of sp³-hybridized carbons (Fsp3) is 0.381. The summed E-state index contributed by atoms with van der Waals surface area (Å²) in [5, 5.41) is 11.1. The highest BCUT2D eigenvalue weighted by atomic mass is 19.2. The number of carbonyl (C=O) groups is 1. The lowest BCUT2D eigenvalue weighted by Gasteiger charge is -2.51. The Morgan fingerprint density at radius 1 is 1.10 bits per heavy atom. The van der Waals surface area contributed by atoms with Crippen LogP contribution in [-0.2, 0) is 21.7 Å². The van der Waals surface area contributed by atoms with Gasteiger partial charge < -0.3 is 14.6 Å². The summed E-state index contributed by atoms with van der Waals surface area (Å²) >= 11 is 0. The normalized spacial score (nSPS) is 26.3. The molecule has 2 saturated heterocycles. The third-order valence-electron chi connectivity index (χ3n) is 5.49. The van der Waals surface area contributed by atoms with Gasteiger partial charge in [0, 0.05) is 12.8 Å². The van der Waals surface area contributed by atoms with Crippen LogP contribution in [0.5, 0.6) is 0 Å². The summed E-state index contributed by atoms with van der Waals surface area (Å²) in [6.07, 6.45) is -0.547. The van der Waals surface area contributed by atoms with Crippen LogP contribution in [0.1, 0.15) is 24.0 Å². The Kier molecular flexibility index (Phi) is 5.23. The standard InChI is InChI=1S/C21H20F3NO4/c22-17-6-14(7-18(23)19(17)24)21(27)8-15-11-28-12-16(9-21)25(15)20(26)29-10-13-4-2-1-3-5-13/h1-7,15-16,27H,8-12H2. The van der Waals surface area contributed by atoms with Crippen LogP contribution in [0.25, 0.3) is 0 Å². The number of ether oxygens (including phenoxy) is 2. The number of nitrogens with zero attached hydrogens (tertiary/aromatic N) is 1. The Labute approximate surface area is 165 Å². The van der Waals surface area contributed by atoms with E-state index in [4.69, 9.17) is 9.47 Å². The van der Waals surface area contributed by atoms with Gasteiger partial charge in [0.2, 0.25) is 0 Å². The van der Waals surface area contributed by atoms with Crippen molar-refractivity contribution in [3.63, 3.8) is 0 Å². The number of amides is 1. The summed E-state index contributed by atoms with van der Waals surface area (Å²) in [5.74, 6) is -4.30. The molecule has 2 aliphatic rings. The van der Waals surface area contributed by atoms with Gasteiger partial charge in [-0.3, -0.25) is 4.90 Å². The van der Waals surface area contributed by atoms with Crippen LogP contribution < -0.4 is 0 Å². The molecule has 0 spiro atoms. The fourth-order valence-electron chi connectivity index (χ4n) is 4.13. The van der Waals surface area contributed by atoms with E-state index in [0.717, 1.165) is 17.7 Å². The van der Waals surface area contributed by atoms with Gasteiger partial charge in [0.1, 0.15) is 6.61 Å². The van der Waals surface area contributed by atoms with Gasteiger partial charge in [-0.2, -0.15) is 0 Å². The van der Waals surface area contributed by atoms with Crippen LogP contribution in [0.15, 0.2) is 42.5 Å². The highest BCUT2D eigenvalue weighted by Gasteiger charge is 2.49. The largest absolute Gasteiger partial charge is 0.445 e. The summed E-state index contributed by atoms with van der Waals surface area (Å²) in [4.78, 5) is 14.2. The molecule has 5 nitrogen and oxygen atoms in total. The maximum atomic E-state index is 13.7. The highest BCUT2D eigenvalue weighted by molar-refractivity contribution is 5.69. The number of hydrogen-bond donors (Lipinski definition) is 1. The Morgan fingerprint density at radius 2 is 1.69 bits per heavy atom. The molecule has 2 atom stereocenters. The second kappa shape index (κ2) is 7.68. The van der Waals surface area contributed by atoms with Crippen molar-refractivity contribution in [2.75, 3.05) is 13.2 Å². The number of rotatable bonds is 3. The summed E-state index contributed by atoms with van der Waals surface area (Å²) in [6.45, 7) is 0.423. The van der Waals surface area contributed by atoms with E-state index < -0.39 is 41.2 Å². The lowest BCUT2D eigenvalue weighted by molar-refractivity contribution is -0.137. The molecular weight excluding hydrogens is 387 g/mol. The average Bonchev–Trinajstić information content (AvgIpc) is 2.70. The van der Waals surface area contributed by atoms with Gasteiger partial charge in [0.05, 0.1) is 30.9 Å². The van der Waals surface area contributed by atoms with E-state index in [0.29, 0.717) is 0 Å². The van der Waals surface area contributed by atoms with Crippen LogP contribution in [0, 0.1) is 17.5 Å². The predicted octanol–water partition coefficient (Wildman–Crippen LogP) is 3.49. The molecule has 2 aliphatic heterocycles. The number of morpholine rings is 1. The van der Waals surface area contributed by atoms with E-state index >= 15 is 0 Å². The lowest BCUT2D eigenvalue weighted by atomic mass is 9.77. The van der Waals surface area contributed by atoms with Crippen LogP contribution in [0.2, 0.25) is 0 Å². The van der Waals surface area contributed by atoms with Gasteiger partial charge >= 0.3 is 6.09 Å². The van der Waals surface area contributed by atoms with Crippen molar-refractivity contribution < 1.29 is 32.5 Å². The maximum Gasteiger partial charge on any atom is 0.410 e. The van der Waals surface area contributed by atoms with Crippen molar-refractivity contribution in [3.05, 3.63) is 71.0 Å². The molecule has 2 heterocycles. The molecule has 154 valence electrons. The second-order valence-electron chi connectivity index (χ2n) is 7.49. The second-order valence-corrected chi connectivity index (χ2v) is 7.49. The molecule has 0 aromatic heterocycles. The smallest absolute Gasteiger partial charge is 0.410 e. The number of hydrogen-bond acceptors (Lipinski definition) is 4. The molecule has 29 heavy (non-hydrogen) atoms. The quantitative estimate of drug-likeness (QED) is 0.792. The zero-order valence-corrected chi connectivity index (χ0v) is 15.5. The van der Waals surface area contributed by atoms with Crippen molar-refractivity contribution in [2.24, 2.45) is 0 Å². The van der Waals surface area contributed by atoms with Crippen molar-refractivity contribution >= 4 is 6.09 Å². The van der Waals surface area contributed by atoms with Gasteiger partial charge in [-0.05, 0) is 23.3 Å². The number of halogens is 3. The predicted molar refractivity (Wildman–Crippen MR) is 96.3 cm³/mol. The van der Waals surface area contributed by atoms with Gasteiger partial charge in [-0.25, -0.2) is 18.0 Å². The van der Waals surface area contributed by atoms with Crippen LogP contribution in [0.3, 0.4) is 0 Å². The van der Waals surface area contributed by atoms with Gasteiger partial charge in [0.15, 0.2) is 17.5 Å². The van der Waals surface area contributed by atoms with E-state index in [1.54, 1.807) is 0 Å². The molecule has 2 aromatic rings. The average molecular weight is 407 g/mol. The first-order valence-corrected chi connectivity index (χ1v) is 9.31. The summed E-state index contributed by atoms with van der Waals surface area (Å²) in [7, 11) is 0. The molecule has 0 saturated carbocycles. The Bertz CT molecular complexity index is 871. The number of aliphatic hydroxyl groups is 1. The maximum absolute atomic E-state index is 13.7. The number of piperidine rings is 1. The van der Waals surface area contributed by atoms with Crippen LogP contribution in [0.4, 0.5) is 18.0 Å². The number of benzene rings is 2. The first kappa shape index (κ1) is 19.7. The molecule has 2 unspecified atom stereocenters. The van der Waals surface area contributed by atoms with E-state index in [2.05, 4.69) is 0 Å². The molecule has 2 aromatic carbocycles. The molecule has 8 heteroatoms. The highest BCUT2D eigenvalue weighted by Crippen LogP contribution is 2.42. The zero-order valence-electron chi connectivity index (χ0n) is 15.5. The summed E-state index contributed by atoms with van der Waals surface area (Å²) in [5.41, 5.74) is -0.818. The Hall–Kier alpha value is -2.58. The molecule has 2 bridgehead atoms. The molecule has 2 fully saturated rings. The van der Waals surface area contributed by atoms with Gasteiger partial charge in [-0.1, -0.05) is 30.3 Å². The third kappa shape index (κ3) is 3.82. The van der Waals surface area contributed by atoms with E-state index in [1.807, 2.05) is 30.3 Å². The minimum atomic E-state index is -1.61. The molecule has 0 aliphatic carbocycles.